The van der Waals surface area contributed by atoms with Gasteiger partial charge in [0.15, 0.2) is 0 Å². The van der Waals surface area contributed by atoms with Gasteiger partial charge in [-0.1, -0.05) is 0 Å². The average molecular weight is 788 g/mol. The predicted octanol–water partition coefficient (Wildman–Crippen LogP) is 0.155. The molecular formula is C18H23I3N4O7. The molecule has 0 aromatic heterocycles. The van der Waals surface area contributed by atoms with Crippen molar-refractivity contribution in [3.63, 3.8) is 0 Å². The Hall–Kier alpha value is -0.850. The summed E-state index contributed by atoms with van der Waals surface area (Å²) < 4.78 is 1.10. The molecule has 0 saturated heterocycles. The van der Waals surface area contributed by atoms with Crippen LogP contribution in [0, 0.1) is 22.0 Å². The van der Waals surface area contributed by atoms with Crippen LogP contribution in [-0.4, -0.2) is 76.7 Å². The van der Waals surface area contributed by atoms with Crippen LogP contribution >= 0.6 is 67.8 Å². The van der Waals surface area contributed by atoms with Crippen molar-refractivity contribution in [2.45, 2.75) is 26.1 Å². The lowest BCUT2D eigenvalue weighted by Crippen LogP contribution is -2.37. The van der Waals surface area contributed by atoms with Gasteiger partial charge in [0.25, 0.3) is 11.8 Å². The Morgan fingerprint density at radius 1 is 0.906 bits per heavy atom. The smallest absolute Gasteiger partial charge is 0.253 e. The third-order valence-corrected chi connectivity index (χ3v) is 6.73. The van der Waals surface area contributed by atoms with Crippen molar-refractivity contribution < 1.29 is 34.8 Å². The van der Waals surface area contributed by atoms with Crippen LogP contribution in [0.25, 0.3) is 0 Å². The number of halogens is 3. The van der Waals surface area contributed by atoms with Crippen LogP contribution in [0.5, 0.6) is 0 Å². The number of hydrogen-bond acceptors (Lipinski definition) is 8. The number of anilines is 1. The Kier molecular flexibility index (Phi) is 15.5. The zero-order valence-electron chi connectivity index (χ0n) is 17.1. The Morgan fingerprint density at radius 3 is 1.53 bits per heavy atom. The maximum Gasteiger partial charge on any atom is 0.253 e. The molecule has 0 aliphatic rings. The molecule has 0 bridgehead atoms. The number of aliphatic hydroxyl groups excluding tert-OH is 4. The number of benzene rings is 1. The Morgan fingerprint density at radius 2 is 1.25 bits per heavy atom. The molecule has 1 aromatic rings. The van der Waals surface area contributed by atoms with Crippen LogP contribution in [0.2, 0.25) is 0 Å². The quantitative estimate of drug-likeness (QED) is 0.172. The molecule has 32 heavy (non-hydrogen) atoms. The SMILES string of the molecule is CC#N.CC(=O)Nc1c(I)c(C(=O)NCC(O)CO)c(I)c(C(=O)NCC(O)CO)c1I. The minimum atomic E-state index is -1.14. The van der Waals surface area contributed by atoms with Crippen molar-refractivity contribution in [2.75, 3.05) is 31.6 Å². The summed E-state index contributed by atoms with van der Waals surface area (Å²) in [5.41, 5.74) is 0.515. The van der Waals surface area contributed by atoms with Crippen LogP contribution in [0.4, 0.5) is 5.69 Å². The van der Waals surface area contributed by atoms with Gasteiger partial charge in [-0.05, 0) is 67.8 Å². The van der Waals surface area contributed by atoms with Crippen molar-refractivity contribution in [3.8, 4) is 6.07 Å². The Labute approximate surface area is 225 Å². The van der Waals surface area contributed by atoms with Gasteiger partial charge in [-0.3, -0.25) is 14.4 Å². The lowest BCUT2D eigenvalue weighted by molar-refractivity contribution is -0.114. The summed E-state index contributed by atoms with van der Waals surface area (Å²) in [6.07, 6.45) is -2.29. The summed E-state index contributed by atoms with van der Waals surface area (Å²) in [5.74, 6) is -1.59. The topological polar surface area (TPSA) is 192 Å². The van der Waals surface area contributed by atoms with Gasteiger partial charge in [-0.15, -0.1) is 0 Å². The van der Waals surface area contributed by atoms with Gasteiger partial charge in [-0.2, -0.15) is 5.26 Å². The molecule has 1 aromatic carbocycles. The average Bonchev–Trinajstić information content (AvgIpc) is 2.73. The molecule has 1 rings (SSSR count). The van der Waals surface area contributed by atoms with E-state index in [4.69, 9.17) is 15.5 Å². The third kappa shape index (κ3) is 9.56. The number of nitriles is 1. The predicted molar refractivity (Wildman–Crippen MR) is 141 cm³/mol. The second kappa shape index (κ2) is 15.9. The molecule has 0 heterocycles. The van der Waals surface area contributed by atoms with E-state index in [0.717, 1.165) is 0 Å². The van der Waals surface area contributed by atoms with Crippen molar-refractivity contribution in [3.05, 3.63) is 21.8 Å². The summed E-state index contributed by atoms with van der Waals surface area (Å²) in [5, 5.41) is 51.6. The van der Waals surface area contributed by atoms with E-state index in [2.05, 4.69) is 16.0 Å². The second-order valence-corrected chi connectivity index (χ2v) is 9.30. The van der Waals surface area contributed by atoms with Gasteiger partial charge in [-0.25, -0.2) is 0 Å². The van der Waals surface area contributed by atoms with Gasteiger partial charge in [0.1, 0.15) is 0 Å². The van der Waals surface area contributed by atoms with Crippen LogP contribution in [0.1, 0.15) is 34.6 Å². The Bertz CT molecular complexity index is 824. The molecule has 0 fully saturated rings. The number of carbonyl (C=O) groups is 3. The summed E-state index contributed by atoms with van der Waals surface area (Å²) in [6.45, 7) is 1.26. The van der Waals surface area contributed by atoms with Gasteiger partial charge in [0.05, 0.1) is 55.4 Å². The molecule has 0 spiro atoms. The fourth-order valence-electron chi connectivity index (χ4n) is 2.08. The molecule has 0 saturated carbocycles. The van der Waals surface area contributed by atoms with Crippen LogP contribution in [0.15, 0.2) is 0 Å². The zero-order chi connectivity index (χ0) is 25.0. The molecule has 0 radical (unpaired) electrons. The minimum Gasteiger partial charge on any atom is -0.394 e. The molecule has 3 amide bonds. The first kappa shape index (κ1) is 31.1. The first-order valence-electron chi connectivity index (χ1n) is 8.89. The number of hydrogen-bond donors (Lipinski definition) is 7. The minimum absolute atomic E-state index is 0.119. The van der Waals surface area contributed by atoms with Crippen molar-refractivity contribution >= 4 is 91.2 Å². The number of nitrogens with one attached hydrogen (secondary N) is 3. The molecule has 14 heteroatoms. The fourth-order valence-corrected chi connectivity index (χ4v) is 6.49. The highest BCUT2D eigenvalue weighted by Crippen LogP contribution is 2.35. The lowest BCUT2D eigenvalue weighted by Gasteiger charge is -2.20. The summed E-state index contributed by atoms with van der Waals surface area (Å²) in [4.78, 5) is 37.0. The summed E-state index contributed by atoms with van der Waals surface area (Å²) in [6, 6.07) is 1.75. The first-order valence-corrected chi connectivity index (χ1v) is 12.1. The lowest BCUT2D eigenvalue weighted by atomic mass is 10.1. The van der Waals surface area contributed by atoms with E-state index in [-0.39, 0.29) is 29.9 Å². The van der Waals surface area contributed by atoms with E-state index in [0.29, 0.717) is 10.7 Å². The molecule has 2 atom stereocenters. The van der Waals surface area contributed by atoms with Crippen LogP contribution in [-0.2, 0) is 4.79 Å². The molecule has 0 aliphatic carbocycles. The zero-order valence-corrected chi connectivity index (χ0v) is 23.6. The van der Waals surface area contributed by atoms with Gasteiger partial charge in [0.2, 0.25) is 5.91 Å². The third-order valence-electron chi connectivity index (χ3n) is 3.49. The normalized spacial score (nSPS) is 11.9. The van der Waals surface area contributed by atoms with Crippen LogP contribution in [0.3, 0.4) is 0 Å². The van der Waals surface area contributed by atoms with Gasteiger partial charge in [0, 0.05) is 30.5 Å². The highest BCUT2D eigenvalue weighted by Gasteiger charge is 2.28. The second-order valence-electron chi connectivity index (χ2n) is 6.06. The fraction of sp³-hybridized carbons (Fsp3) is 0.444. The van der Waals surface area contributed by atoms with Crippen molar-refractivity contribution in [1.29, 1.82) is 5.26 Å². The molecular weight excluding hydrogens is 765 g/mol. The first-order chi connectivity index (χ1) is 15.0. The molecule has 7 N–H and O–H groups in total. The summed E-state index contributed by atoms with van der Waals surface area (Å²) >= 11 is 5.60. The molecule has 178 valence electrons. The number of rotatable bonds is 9. The number of amides is 3. The standard InChI is InChI=1S/C16H20I3N3O7.C2H3N/c1-6(25)22-14-12(18)9(15(28)20-2-7(26)4-23)11(17)10(13(14)19)16(29)21-3-8(27)5-24;1-2-3/h7-8,23-24,26-27H,2-5H2,1H3,(H,20,28)(H,21,29)(H,22,25);1H3. The maximum absolute atomic E-state index is 12.7. The maximum atomic E-state index is 12.7. The van der Waals surface area contributed by atoms with Crippen LogP contribution < -0.4 is 16.0 Å². The van der Waals surface area contributed by atoms with Crippen molar-refractivity contribution in [1.82, 2.24) is 10.6 Å². The highest BCUT2D eigenvalue weighted by atomic mass is 127. The van der Waals surface area contributed by atoms with E-state index in [9.17, 15) is 24.6 Å². The largest absolute Gasteiger partial charge is 0.394 e. The highest BCUT2D eigenvalue weighted by molar-refractivity contribution is 14.1. The van der Waals surface area contributed by atoms with E-state index >= 15 is 0 Å². The van der Waals surface area contributed by atoms with Crippen molar-refractivity contribution in [2.24, 2.45) is 0 Å². The number of nitrogens with zero attached hydrogens (tertiary/aromatic N) is 1. The number of carbonyl (C=O) groups excluding carboxylic acids is 3. The van der Waals surface area contributed by atoms with E-state index < -0.39 is 43.1 Å². The van der Waals surface area contributed by atoms with E-state index in [1.54, 1.807) is 6.07 Å². The van der Waals surface area contributed by atoms with E-state index in [1.165, 1.54) is 13.8 Å². The van der Waals surface area contributed by atoms with Gasteiger partial charge >= 0.3 is 0 Å². The monoisotopic (exact) mass is 788 g/mol. The molecule has 11 nitrogen and oxygen atoms in total. The van der Waals surface area contributed by atoms with Gasteiger partial charge < -0.3 is 36.4 Å². The van der Waals surface area contributed by atoms with E-state index in [1.807, 2.05) is 67.8 Å². The molecule has 0 aliphatic heterocycles. The Balaban J connectivity index is 0.00000302. The molecule has 2 unspecified atom stereocenters. The number of aliphatic hydroxyl groups is 4. The summed E-state index contributed by atoms with van der Waals surface area (Å²) in [7, 11) is 0.